The van der Waals surface area contributed by atoms with Gasteiger partial charge in [-0.3, -0.25) is 10.1 Å². The van der Waals surface area contributed by atoms with Crippen LogP contribution in [-0.4, -0.2) is 42.7 Å². The molecule has 0 aromatic heterocycles. The van der Waals surface area contributed by atoms with Gasteiger partial charge in [0, 0.05) is 11.6 Å². The zero-order valence-electron chi connectivity index (χ0n) is 17.7. The summed E-state index contributed by atoms with van der Waals surface area (Å²) in [6, 6.07) is 15.5. The van der Waals surface area contributed by atoms with E-state index in [0.717, 1.165) is 5.56 Å². The Hall–Kier alpha value is -3.22. The van der Waals surface area contributed by atoms with Crippen LogP contribution in [0.4, 0.5) is 10.5 Å². The standard InChI is InChI=1S/C23H26N2O6S/c1-16(10-12-30-21(27)15-32)22(18-4-8-20(9-5-18)29-13-11-26)31-23(28)25-19-6-2-17(14-24)3-7-19/h2-9,16,22,26,32H,10-13,15H2,1H3,(H,25,28)/t16-,22+/m1/s1. The second-order valence-electron chi connectivity index (χ2n) is 6.93. The van der Waals surface area contributed by atoms with Crippen LogP contribution in [-0.2, 0) is 14.3 Å². The number of rotatable bonds is 11. The fourth-order valence-corrected chi connectivity index (χ4v) is 2.97. The second-order valence-corrected chi connectivity index (χ2v) is 7.24. The van der Waals surface area contributed by atoms with E-state index >= 15 is 0 Å². The van der Waals surface area contributed by atoms with Crippen LogP contribution in [0.15, 0.2) is 48.5 Å². The van der Waals surface area contributed by atoms with Crippen LogP contribution in [0.2, 0.25) is 0 Å². The molecule has 1 amide bonds. The zero-order valence-corrected chi connectivity index (χ0v) is 18.6. The number of esters is 1. The number of anilines is 1. The van der Waals surface area contributed by atoms with E-state index in [-0.39, 0.29) is 31.5 Å². The molecule has 0 aliphatic heterocycles. The number of nitrogens with one attached hydrogen (secondary N) is 1. The fourth-order valence-electron chi connectivity index (χ4n) is 2.88. The number of carbonyl (C=O) groups excluding carboxylic acids is 2. The summed E-state index contributed by atoms with van der Waals surface area (Å²) < 4.78 is 16.2. The maximum absolute atomic E-state index is 12.5. The number of benzene rings is 2. The molecule has 0 radical (unpaired) electrons. The molecule has 0 saturated carbocycles. The smallest absolute Gasteiger partial charge is 0.412 e. The van der Waals surface area contributed by atoms with E-state index in [0.29, 0.717) is 23.4 Å². The van der Waals surface area contributed by atoms with Crippen LogP contribution >= 0.6 is 12.6 Å². The van der Waals surface area contributed by atoms with Crippen molar-refractivity contribution in [3.05, 3.63) is 59.7 Å². The van der Waals surface area contributed by atoms with Gasteiger partial charge >= 0.3 is 12.1 Å². The fraction of sp³-hybridized carbons (Fsp3) is 0.348. The normalized spacial score (nSPS) is 12.2. The monoisotopic (exact) mass is 458 g/mol. The van der Waals surface area contributed by atoms with Crippen molar-refractivity contribution in [1.82, 2.24) is 0 Å². The third-order valence-corrected chi connectivity index (χ3v) is 4.80. The Bertz CT molecular complexity index is 912. The molecule has 0 spiro atoms. The SMILES string of the molecule is C[C@H](CCOC(=O)CS)[C@H](OC(=O)Nc1ccc(C#N)cc1)c1ccc(OCCO)cc1. The van der Waals surface area contributed by atoms with Gasteiger partial charge in [-0.1, -0.05) is 19.1 Å². The van der Waals surface area contributed by atoms with Crippen LogP contribution in [0.3, 0.4) is 0 Å². The first kappa shape index (κ1) is 25.0. The summed E-state index contributed by atoms with van der Waals surface area (Å²) in [5.74, 6) is -0.00380. The van der Waals surface area contributed by atoms with Crippen molar-refractivity contribution in [3.8, 4) is 11.8 Å². The molecule has 32 heavy (non-hydrogen) atoms. The van der Waals surface area contributed by atoms with Gasteiger partial charge in [-0.05, 0) is 48.4 Å². The molecule has 0 bridgehead atoms. The first-order valence-corrected chi connectivity index (χ1v) is 10.7. The summed E-state index contributed by atoms with van der Waals surface area (Å²) in [6.07, 6.45) is -0.800. The number of amides is 1. The molecule has 2 aromatic rings. The molecule has 170 valence electrons. The number of ether oxygens (including phenoxy) is 3. The van der Waals surface area contributed by atoms with E-state index < -0.39 is 18.2 Å². The average molecular weight is 459 g/mol. The van der Waals surface area contributed by atoms with Crippen molar-refractivity contribution < 1.29 is 28.9 Å². The number of nitriles is 1. The Morgan fingerprint density at radius 3 is 2.41 bits per heavy atom. The first-order valence-electron chi connectivity index (χ1n) is 10.0. The molecule has 0 aliphatic carbocycles. The molecule has 0 saturated heterocycles. The molecule has 2 atom stereocenters. The van der Waals surface area contributed by atoms with Crippen LogP contribution in [0.1, 0.15) is 30.6 Å². The number of hydrogen-bond acceptors (Lipinski definition) is 8. The molecule has 0 heterocycles. The van der Waals surface area contributed by atoms with E-state index in [4.69, 9.17) is 24.6 Å². The number of aliphatic hydroxyl groups is 1. The lowest BCUT2D eigenvalue weighted by atomic mass is 9.94. The number of carbonyl (C=O) groups is 2. The number of aliphatic hydroxyl groups excluding tert-OH is 1. The minimum atomic E-state index is -0.653. The van der Waals surface area contributed by atoms with Crippen LogP contribution in [0.5, 0.6) is 5.75 Å². The predicted molar refractivity (Wildman–Crippen MR) is 122 cm³/mol. The highest BCUT2D eigenvalue weighted by atomic mass is 32.1. The zero-order chi connectivity index (χ0) is 23.3. The van der Waals surface area contributed by atoms with Gasteiger partial charge in [0.2, 0.25) is 0 Å². The lowest BCUT2D eigenvalue weighted by Crippen LogP contribution is -2.23. The Labute approximate surface area is 192 Å². The number of nitrogens with zero attached hydrogens (tertiary/aromatic N) is 1. The summed E-state index contributed by atoms with van der Waals surface area (Å²) in [4.78, 5) is 23.9. The molecule has 0 aliphatic rings. The Balaban J connectivity index is 2.10. The summed E-state index contributed by atoms with van der Waals surface area (Å²) in [5.41, 5.74) is 1.72. The summed E-state index contributed by atoms with van der Waals surface area (Å²) >= 11 is 3.88. The van der Waals surface area contributed by atoms with Crippen LogP contribution < -0.4 is 10.1 Å². The number of hydrogen-bond donors (Lipinski definition) is 3. The van der Waals surface area contributed by atoms with Crippen molar-refractivity contribution in [3.63, 3.8) is 0 Å². The van der Waals surface area contributed by atoms with Crippen molar-refractivity contribution in [2.45, 2.75) is 19.4 Å². The maximum Gasteiger partial charge on any atom is 0.412 e. The minimum absolute atomic E-state index is 0.00336. The lowest BCUT2D eigenvalue weighted by Gasteiger charge is -2.25. The molecule has 8 nitrogen and oxygen atoms in total. The first-order chi connectivity index (χ1) is 15.5. The molecular formula is C23H26N2O6S. The quantitative estimate of drug-likeness (QED) is 0.347. The third-order valence-electron chi connectivity index (χ3n) is 4.55. The Morgan fingerprint density at radius 1 is 1.12 bits per heavy atom. The van der Waals surface area contributed by atoms with Gasteiger partial charge in [-0.25, -0.2) is 4.79 Å². The van der Waals surface area contributed by atoms with Gasteiger partial charge < -0.3 is 19.3 Å². The van der Waals surface area contributed by atoms with Crippen molar-refractivity contribution in [2.24, 2.45) is 5.92 Å². The summed E-state index contributed by atoms with van der Waals surface area (Å²) in [7, 11) is 0. The van der Waals surface area contributed by atoms with Crippen molar-refractivity contribution in [2.75, 3.05) is 30.9 Å². The largest absolute Gasteiger partial charge is 0.491 e. The van der Waals surface area contributed by atoms with Gasteiger partial charge in [0.05, 0.1) is 30.6 Å². The topological polar surface area (TPSA) is 118 Å². The Morgan fingerprint density at radius 2 is 1.81 bits per heavy atom. The maximum atomic E-state index is 12.5. The van der Waals surface area contributed by atoms with Gasteiger partial charge in [0.25, 0.3) is 0 Å². The average Bonchev–Trinajstić information content (AvgIpc) is 2.81. The summed E-state index contributed by atoms with van der Waals surface area (Å²) in [5, 5.41) is 20.4. The van der Waals surface area contributed by atoms with Crippen LogP contribution in [0, 0.1) is 17.2 Å². The second kappa shape index (κ2) is 13.2. The molecule has 0 fully saturated rings. The van der Waals surface area contributed by atoms with Gasteiger partial charge in [0.15, 0.2) is 0 Å². The number of thiol groups is 1. The molecule has 9 heteroatoms. The molecule has 2 aromatic carbocycles. The van der Waals surface area contributed by atoms with E-state index in [9.17, 15) is 9.59 Å². The molecule has 0 unspecified atom stereocenters. The third kappa shape index (κ3) is 8.13. The lowest BCUT2D eigenvalue weighted by molar-refractivity contribution is -0.141. The van der Waals surface area contributed by atoms with Crippen molar-refractivity contribution >= 4 is 30.4 Å². The van der Waals surface area contributed by atoms with E-state index in [1.165, 1.54) is 0 Å². The Kier molecular flexibility index (Phi) is 10.4. The van der Waals surface area contributed by atoms with Gasteiger partial charge in [-0.15, -0.1) is 0 Å². The summed E-state index contributed by atoms with van der Waals surface area (Å²) in [6.45, 7) is 2.16. The highest BCUT2D eigenvalue weighted by molar-refractivity contribution is 7.81. The van der Waals surface area contributed by atoms with E-state index in [1.807, 2.05) is 13.0 Å². The van der Waals surface area contributed by atoms with Crippen molar-refractivity contribution in [1.29, 1.82) is 5.26 Å². The van der Waals surface area contributed by atoms with E-state index in [1.54, 1.807) is 48.5 Å². The molecular weight excluding hydrogens is 432 g/mol. The van der Waals surface area contributed by atoms with Gasteiger partial charge in [0.1, 0.15) is 18.5 Å². The minimum Gasteiger partial charge on any atom is -0.491 e. The molecule has 2 N–H and O–H groups in total. The van der Waals surface area contributed by atoms with Crippen LogP contribution in [0.25, 0.3) is 0 Å². The van der Waals surface area contributed by atoms with Gasteiger partial charge in [-0.2, -0.15) is 17.9 Å². The van der Waals surface area contributed by atoms with E-state index in [2.05, 4.69) is 17.9 Å². The highest BCUT2D eigenvalue weighted by Gasteiger charge is 2.24. The predicted octanol–water partition coefficient (Wildman–Crippen LogP) is 3.72. The highest BCUT2D eigenvalue weighted by Crippen LogP contribution is 2.30. The molecule has 2 rings (SSSR count).